The second-order valence-electron chi connectivity index (χ2n) is 7.37. The molecule has 8 nitrogen and oxygen atoms in total. The summed E-state index contributed by atoms with van der Waals surface area (Å²) in [7, 11) is -2.48. The summed E-state index contributed by atoms with van der Waals surface area (Å²) >= 11 is 13.3. The van der Waals surface area contributed by atoms with Crippen molar-refractivity contribution in [3.63, 3.8) is 0 Å². The second-order valence-corrected chi connectivity index (χ2v) is 11.3. The highest BCUT2D eigenvalue weighted by Gasteiger charge is 2.26. The summed E-state index contributed by atoms with van der Waals surface area (Å²) in [5.41, 5.74) is 0.926. The van der Waals surface area contributed by atoms with Crippen LogP contribution in [0.15, 0.2) is 69.3 Å². The lowest BCUT2D eigenvalue weighted by Crippen LogP contribution is -2.17. The van der Waals surface area contributed by atoms with E-state index in [2.05, 4.69) is 5.32 Å². The molecule has 12 heteroatoms. The molecule has 35 heavy (non-hydrogen) atoms. The van der Waals surface area contributed by atoms with Crippen molar-refractivity contribution in [2.45, 2.75) is 15.5 Å². The molecule has 4 rings (SSSR count). The average molecular weight is 551 g/mol. The molecule has 3 aromatic carbocycles. The third-order valence-corrected chi connectivity index (χ3v) is 8.53. The van der Waals surface area contributed by atoms with Gasteiger partial charge in [-0.2, -0.15) is 0 Å². The van der Waals surface area contributed by atoms with Crippen molar-refractivity contribution in [2.75, 3.05) is 12.4 Å². The highest BCUT2D eigenvalue weighted by Crippen LogP contribution is 2.41. The van der Waals surface area contributed by atoms with Crippen LogP contribution in [0.25, 0.3) is 6.08 Å². The molecule has 0 saturated heterocycles. The lowest BCUT2D eigenvalue weighted by atomic mass is 10.1. The zero-order chi connectivity index (χ0) is 25.3. The quantitative estimate of drug-likeness (QED) is 0.228. The normalized spacial score (nSPS) is 14.4. The lowest BCUT2D eigenvalue weighted by molar-refractivity contribution is -0.385. The lowest BCUT2D eigenvalue weighted by Gasteiger charge is -2.19. The Bertz CT molecular complexity index is 1490. The topological polar surface area (TPSA) is 116 Å². The van der Waals surface area contributed by atoms with Crippen LogP contribution in [-0.2, 0) is 20.4 Å². The monoisotopic (exact) mass is 550 g/mol. The minimum atomic E-state index is -3.81. The number of carbonyl (C=O) groups is 1. The molecule has 0 aliphatic carbocycles. The molecule has 1 aliphatic rings. The largest absolute Gasteiger partial charge is 0.490 e. The fourth-order valence-electron chi connectivity index (χ4n) is 3.36. The van der Waals surface area contributed by atoms with Gasteiger partial charge in [0.25, 0.3) is 5.91 Å². The van der Waals surface area contributed by atoms with Crippen molar-refractivity contribution in [1.82, 2.24) is 0 Å². The Hall–Kier alpha value is -3.05. The molecule has 0 atom stereocenters. The van der Waals surface area contributed by atoms with Gasteiger partial charge in [0.1, 0.15) is 0 Å². The van der Waals surface area contributed by atoms with Crippen molar-refractivity contribution in [3.05, 3.63) is 90.8 Å². The summed E-state index contributed by atoms with van der Waals surface area (Å²) in [6.07, 6.45) is 1.49. The molecule has 1 amide bonds. The van der Waals surface area contributed by atoms with Crippen LogP contribution >= 0.6 is 35.0 Å². The van der Waals surface area contributed by atoms with E-state index in [-0.39, 0.29) is 37.0 Å². The number of benzene rings is 3. The van der Waals surface area contributed by atoms with Crippen LogP contribution in [0.5, 0.6) is 5.75 Å². The zero-order valence-electron chi connectivity index (χ0n) is 17.9. The third kappa shape index (κ3) is 5.30. The number of rotatable bonds is 6. The molecular weight excluding hydrogens is 535 g/mol. The standard InChI is InChI=1S/C23H16Cl2N2O6S2/c1-33-20-8-5-13(9-19(20)27(29)30)10-22-23(28)26-18-7-6-14(11-21(18)34-22)35(31,32)12-15-16(24)3-2-4-17(15)25/h2-11H,12H2,1H3,(H,26,28)/b22-10-. The van der Waals surface area contributed by atoms with Gasteiger partial charge in [0.2, 0.25) is 0 Å². The summed E-state index contributed by atoms with van der Waals surface area (Å²) in [5.74, 6) is -0.712. The molecule has 1 N–H and O–H groups in total. The van der Waals surface area contributed by atoms with Gasteiger partial charge in [-0.3, -0.25) is 14.9 Å². The Morgan fingerprint density at radius 3 is 2.49 bits per heavy atom. The maximum absolute atomic E-state index is 13.1. The van der Waals surface area contributed by atoms with E-state index < -0.39 is 20.7 Å². The summed E-state index contributed by atoms with van der Waals surface area (Å²) in [5, 5.41) is 14.5. The number of halogens is 2. The second kappa shape index (κ2) is 9.90. The summed E-state index contributed by atoms with van der Waals surface area (Å²) in [4.78, 5) is 24.1. The van der Waals surface area contributed by atoms with Crippen LogP contribution in [0.4, 0.5) is 11.4 Å². The minimum absolute atomic E-state index is 0.0373. The van der Waals surface area contributed by atoms with E-state index in [0.29, 0.717) is 21.7 Å². The number of nitrogens with zero attached hydrogens (tertiary/aromatic N) is 1. The molecule has 180 valence electrons. The first-order valence-corrected chi connectivity index (χ1v) is 13.1. The molecule has 0 fully saturated rings. The van der Waals surface area contributed by atoms with Gasteiger partial charge in [-0.25, -0.2) is 8.42 Å². The van der Waals surface area contributed by atoms with Crippen LogP contribution in [0.3, 0.4) is 0 Å². The smallest absolute Gasteiger partial charge is 0.311 e. The predicted octanol–water partition coefficient (Wildman–Crippen LogP) is 5.97. The molecule has 1 aliphatic heterocycles. The molecule has 0 bridgehead atoms. The Balaban J connectivity index is 1.66. The number of thioether (sulfide) groups is 1. The SMILES string of the molecule is COc1ccc(/C=C2\Sc3cc(S(=O)(=O)Cc4c(Cl)cccc4Cl)ccc3NC2=O)cc1[N+](=O)[O-]. The number of anilines is 1. The number of methoxy groups -OCH3 is 1. The summed E-state index contributed by atoms with van der Waals surface area (Å²) < 4.78 is 31.2. The first-order chi connectivity index (χ1) is 16.6. The number of nitro groups is 1. The Kier molecular flexibility index (Phi) is 7.09. The number of ether oxygens (including phenoxy) is 1. The van der Waals surface area contributed by atoms with E-state index in [1.54, 1.807) is 24.3 Å². The average Bonchev–Trinajstić information content (AvgIpc) is 2.81. The van der Waals surface area contributed by atoms with Crippen LogP contribution in [0.2, 0.25) is 10.0 Å². The fraction of sp³-hybridized carbons (Fsp3) is 0.0870. The molecular formula is C23H16Cl2N2O6S2. The molecule has 0 radical (unpaired) electrons. The van der Waals surface area contributed by atoms with Crippen molar-refractivity contribution < 1.29 is 22.9 Å². The van der Waals surface area contributed by atoms with Gasteiger partial charge in [0.15, 0.2) is 15.6 Å². The van der Waals surface area contributed by atoms with E-state index in [0.717, 1.165) is 11.8 Å². The van der Waals surface area contributed by atoms with Crippen molar-refractivity contribution >= 4 is 68.2 Å². The predicted molar refractivity (Wildman–Crippen MR) is 136 cm³/mol. The maximum atomic E-state index is 13.1. The number of hydrogen-bond donors (Lipinski definition) is 1. The Morgan fingerprint density at radius 1 is 1.11 bits per heavy atom. The van der Waals surface area contributed by atoms with Gasteiger partial charge >= 0.3 is 5.69 Å². The Labute approximate surface area is 215 Å². The number of nitrogens with one attached hydrogen (secondary N) is 1. The van der Waals surface area contributed by atoms with Crippen LogP contribution in [0, 0.1) is 10.1 Å². The van der Waals surface area contributed by atoms with E-state index in [1.165, 1.54) is 43.5 Å². The number of sulfone groups is 1. The number of fused-ring (bicyclic) bond motifs is 1. The Morgan fingerprint density at radius 2 is 1.83 bits per heavy atom. The number of carbonyl (C=O) groups excluding carboxylic acids is 1. The van der Waals surface area contributed by atoms with Gasteiger partial charge in [0, 0.05) is 26.6 Å². The molecule has 0 unspecified atom stereocenters. The van der Waals surface area contributed by atoms with Gasteiger partial charge < -0.3 is 10.1 Å². The van der Waals surface area contributed by atoms with Crippen molar-refractivity contribution in [1.29, 1.82) is 0 Å². The van der Waals surface area contributed by atoms with Crippen LogP contribution < -0.4 is 10.1 Å². The minimum Gasteiger partial charge on any atom is -0.490 e. The molecule has 0 saturated carbocycles. The van der Waals surface area contributed by atoms with Gasteiger partial charge in [-0.05, 0) is 48.0 Å². The number of nitro benzene ring substituents is 1. The fourth-order valence-corrected chi connectivity index (χ4v) is 6.55. The van der Waals surface area contributed by atoms with E-state index in [9.17, 15) is 23.3 Å². The maximum Gasteiger partial charge on any atom is 0.311 e. The van der Waals surface area contributed by atoms with E-state index in [1.807, 2.05) is 0 Å². The highest BCUT2D eigenvalue weighted by atomic mass is 35.5. The van der Waals surface area contributed by atoms with E-state index >= 15 is 0 Å². The van der Waals surface area contributed by atoms with Crippen molar-refractivity contribution in [2.24, 2.45) is 0 Å². The first kappa shape index (κ1) is 25.1. The zero-order valence-corrected chi connectivity index (χ0v) is 21.1. The summed E-state index contributed by atoms with van der Waals surface area (Å²) in [6, 6.07) is 13.5. The molecule has 0 spiro atoms. The van der Waals surface area contributed by atoms with Crippen LogP contribution in [-0.4, -0.2) is 26.4 Å². The van der Waals surface area contributed by atoms with Gasteiger partial charge in [-0.1, -0.05) is 47.1 Å². The van der Waals surface area contributed by atoms with Crippen LogP contribution in [0.1, 0.15) is 11.1 Å². The van der Waals surface area contributed by atoms with Gasteiger partial charge in [0.05, 0.1) is 33.3 Å². The molecule has 3 aromatic rings. The number of hydrogen-bond acceptors (Lipinski definition) is 7. The highest BCUT2D eigenvalue weighted by molar-refractivity contribution is 8.04. The third-order valence-electron chi connectivity index (χ3n) is 5.10. The molecule has 1 heterocycles. The van der Waals surface area contributed by atoms with E-state index in [4.69, 9.17) is 27.9 Å². The van der Waals surface area contributed by atoms with Crippen molar-refractivity contribution in [3.8, 4) is 5.75 Å². The molecule has 0 aromatic heterocycles. The number of amides is 1. The summed E-state index contributed by atoms with van der Waals surface area (Å²) in [6.45, 7) is 0. The first-order valence-electron chi connectivity index (χ1n) is 9.92. The van der Waals surface area contributed by atoms with Gasteiger partial charge in [-0.15, -0.1) is 0 Å².